The summed E-state index contributed by atoms with van der Waals surface area (Å²) < 4.78 is 0. The third kappa shape index (κ3) is 3.50. The van der Waals surface area contributed by atoms with Crippen molar-refractivity contribution in [1.82, 2.24) is 0 Å². The average Bonchev–Trinajstić information content (AvgIpc) is 2.25. The van der Waals surface area contributed by atoms with Crippen molar-refractivity contribution in [3.63, 3.8) is 0 Å². The monoisotopic (exact) mass is 204 g/mol. The van der Waals surface area contributed by atoms with E-state index in [1.807, 2.05) is 6.07 Å². The fourth-order valence-corrected chi connectivity index (χ4v) is 0.866. The molecule has 0 saturated heterocycles. The molecule has 0 N–H and O–H groups in total. The van der Waals surface area contributed by atoms with Crippen molar-refractivity contribution >= 4 is 11.8 Å². The molecule has 0 aliphatic heterocycles. The number of carbonyl (C=O) groups excluding carboxylic acids is 1. The fraction of sp³-hybridized carbons (Fsp3) is 0.111. The van der Waals surface area contributed by atoms with Gasteiger partial charge in [0.05, 0.1) is 0 Å². The van der Waals surface area contributed by atoms with Crippen LogP contribution in [0.15, 0.2) is 40.6 Å². The predicted molar refractivity (Wildman–Crippen MR) is 53.9 cm³/mol. The molecular formula is C9H8N4O2. The molecular weight excluding hydrogens is 196 g/mol. The van der Waals surface area contributed by atoms with E-state index in [1.165, 1.54) is 6.92 Å². The Morgan fingerprint density at radius 3 is 2.60 bits per heavy atom. The SMILES string of the molecule is CC(=O)O/N=C(\N=[N+]=[N-])c1ccccc1. The molecule has 0 radical (unpaired) electrons. The smallest absolute Gasteiger partial charge is 0.318 e. The van der Waals surface area contributed by atoms with Crippen LogP contribution in [0.5, 0.6) is 0 Å². The third-order valence-electron chi connectivity index (χ3n) is 1.43. The van der Waals surface area contributed by atoms with Crippen molar-refractivity contribution in [3.05, 3.63) is 46.3 Å². The van der Waals surface area contributed by atoms with E-state index in [0.29, 0.717) is 5.56 Å². The topological polar surface area (TPSA) is 87.4 Å². The van der Waals surface area contributed by atoms with Crippen molar-refractivity contribution in [2.45, 2.75) is 6.92 Å². The molecule has 0 fully saturated rings. The maximum Gasteiger partial charge on any atom is 0.331 e. The summed E-state index contributed by atoms with van der Waals surface area (Å²) in [6.07, 6.45) is 0. The van der Waals surface area contributed by atoms with Gasteiger partial charge in [0.1, 0.15) is 0 Å². The molecule has 6 heteroatoms. The first-order valence-corrected chi connectivity index (χ1v) is 4.10. The maximum atomic E-state index is 10.5. The van der Waals surface area contributed by atoms with Crippen LogP contribution in [0.25, 0.3) is 10.4 Å². The molecule has 1 rings (SSSR count). The van der Waals surface area contributed by atoms with E-state index < -0.39 is 5.97 Å². The fourth-order valence-electron chi connectivity index (χ4n) is 0.866. The number of hydrogen-bond donors (Lipinski definition) is 0. The molecule has 0 bridgehead atoms. The van der Waals surface area contributed by atoms with Crippen molar-refractivity contribution < 1.29 is 9.63 Å². The first-order valence-electron chi connectivity index (χ1n) is 4.10. The molecule has 0 spiro atoms. The van der Waals surface area contributed by atoms with Crippen LogP contribution in [-0.2, 0) is 9.63 Å². The van der Waals surface area contributed by atoms with Crippen molar-refractivity contribution in [2.75, 3.05) is 0 Å². The number of carbonyl (C=O) groups is 1. The summed E-state index contributed by atoms with van der Waals surface area (Å²) in [5.41, 5.74) is 8.88. The van der Waals surface area contributed by atoms with Gasteiger partial charge in [0.25, 0.3) is 0 Å². The van der Waals surface area contributed by atoms with Gasteiger partial charge in [-0.25, -0.2) is 4.79 Å². The molecule has 0 aromatic heterocycles. The highest BCUT2D eigenvalue weighted by molar-refractivity contribution is 5.99. The zero-order chi connectivity index (χ0) is 11.1. The predicted octanol–water partition coefficient (Wildman–Crippen LogP) is 2.22. The Labute approximate surface area is 85.8 Å². The second-order valence-corrected chi connectivity index (χ2v) is 2.55. The van der Waals surface area contributed by atoms with Crippen molar-refractivity contribution in [2.24, 2.45) is 10.3 Å². The molecule has 0 unspecified atom stereocenters. The molecule has 15 heavy (non-hydrogen) atoms. The Morgan fingerprint density at radius 2 is 2.07 bits per heavy atom. The maximum absolute atomic E-state index is 10.5. The number of rotatable bonds is 2. The summed E-state index contributed by atoms with van der Waals surface area (Å²) in [4.78, 5) is 17.5. The summed E-state index contributed by atoms with van der Waals surface area (Å²) in [6.45, 7) is 1.21. The van der Waals surface area contributed by atoms with Crippen LogP contribution in [0.2, 0.25) is 0 Å². The lowest BCUT2D eigenvalue weighted by Gasteiger charge is -1.97. The minimum absolute atomic E-state index is 0.0216. The zero-order valence-corrected chi connectivity index (χ0v) is 7.99. The lowest BCUT2D eigenvalue weighted by Crippen LogP contribution is -1.99. The van der Waals surface area contributed by atoms with Crippen molar-refractivity contribution in [3.8, 4) is 0 Å². The quantitative estimate of drug-likeness (QED) is 0.141. The Bertz CT molecular complexity index is 421. The minimum Gasteiger partial charge on any atom is -0.318 e. The standard InChI is InChI=1S/C9H8N4O2/c1-7(14)15-12-9(11-13-10)8-5-3-2-4-6-8/h2-6H,1H3/b12-9-. The van der Waals surface area contributed by atoms with Crippen LogP contribution >= 0.6 is 0 Å². The van der Waals surface area contributed by atoms with E-state index in [9.17, 15) is 4.79 Å². The molecule has 76 valence electrons. The van der Waals surface area contributed by atoms with E-state index >= 15 is 0 Å². The van der Waals surface area contributed by atoms with Gasteiger partial charge < -0.3 is 4.84 Å². The second kappa shape index (κ2) is 5.41. The van der Waals surface area contributed by atoms with Gasteiger partial charge in [0, 0.05) is 17.4 Å². The average molecular weight is 204 g/mol. The van der Waals surface area contributed by atoms with E-state index in [0.717, 1.165) is 0 Å². The van der Waals surface area contributed by atoms with Gasteiger partial charge in [-0.1, -0.05) is 35.5 Å². The summed E-state index contributed by atoms with van der Waals surface area (Å²) in [5, 5.41) is 6.75. The van der Waals surface area contributed by atoms with Crippen LogP contribution in [0.3, 0.4) is 0 Å². The third-order valence-corrected chi connectivity index (χ3v) is 1.43. The lowest BCUT2D eigenvalue weighted by atomic mass is 10.2. The highest BCUT2D eigenvalue weighted by Gasteiger charge is 2.01. The van der Waals surface area contributed by atoms with Gasteiger partial charge in [-0.2, -0.15) is 0 Å². The Kier molecular flexibility index (Phi) is 3.88. The molecule has 0 heterocycles. The van der Waals surface area contributed by atoms with Gasteiger partial charge in [0.2, 0.25) is 0 Å². The van der Waals surface area contributed by atoms with E-state index in [2.05, 4.69) is 20.0 Å². The summed E-state index contributed by atoms with van der Waals surface area (Å²) in [5.74, 6) is -0.551. The highest BCUT2D eigenvalue weighted by atomic mass is 16.7. The first-order chi connectivity index (χ1) is 7.24. The van der Waals surface area contributed by atoms with Crippen LogP contribution < -0.4 is 0 Å². The molecule has 0 atom stereocenters. The number of azide groups is 1. The normalized spacial score (nSPS) is 10.3. The molecule has 1 aromatic rings. The van der Waals surface area contributed by atoms with Gasteiger partial charge in [-0.3, -0.25) is 0 Å². The van der Waals surface area contributed by atoms with Gasteiger partial charge in [-0.15, -0.1) is 0 Å². The number of amidine groups is 1. The van der Waals surface area contributed by atoms with Crippen LogP contribution in [-0.4, -0.2) is 11.8 Å². The van der Waals surface area contributed by atoms with Gasteiger partial charge in [-0.05, 0) is 10.6 Å². The highest BCUT2D eigenvalue weighted by Crippen LogP contribution is 2.03. The van der Waals surface area contributed by atoms with Gasteiger partial charge in [0.15, 0.2) is 5.84 Å². The van der Waals surface area contributed by atoms with Gasteiger partial charge >= 0.3 is 5.97 Å². The number of oxime groups is 1. The molecule has 0 saturated carbocycles. The summed E-state index contributed by atoms with van der Waals surface area (Å²) in [7, 11) is 0. The van der Waals surface area contributed by atoms with Crippen molar-refractivity contribution in [1.29, 1.82) is 0 Å². The van der Waals surface area contributed by atoms with E-state index in [-0.39, 0.29) is 5.84 Å². The van der Waals surface area contributed by atoms with E-state index in [4.69, 9.17) is 5.53 Å². The molecule has 0 aliphatic rings. The Hall–Kier alpha value is -2.33. The number of benzene rings is 1. The van der Waals surface area contributed by atoms with E-state index in [1.54, 1.807) is 24.3 Å². The zero-order valence-electron chi connectivity index (χ0n) is 7.99. The largest absolute Gasteiger partial charge is 0.331 e. The van der Waals surface area contributed by atoms with Crippen LogP contribution in [0, 0.1) is 0 Å². The molecule has 0 aliphatic carbocycles. The minimum atomic E-state index is -0.573. The summed E-state index contributed by atoms with van der Waals surface area (Å²) in [6, 6.07) is 8.70. The second-order valence-electron chi connectivity index (χ2n) is 2.55. The lowest BCUT2D eigenvalue weighted by molar-refractivity contribution is -0.140. The molecule has 6 nitrogen and oxygen atoms in total. The Morgan fingerprint density at radius 1 is 1.40 bits per heavy atom. The first kappa shape index (κ1) is 10.7. The van der Waals surface area contributed by atoms with Crippen LogP contribution in [0.1, 0.15) is 12.5 Å². The number of nitrogens with zero attached hydrogens (tertiary/aromatic N) is 4. The Balaban J connectivity index is 2.98. The number of hydrogen-bond acceptors (Lipinski definition) is 3. The molecule has 1 aromatic carbocycles. The molecule has 0 amide bonds. The summed E-state index contributed by atoms with van der Waals surface area (Å²) >= 11 is 0. The van der Waals surface area contributed by atoms with Crippen LogP contribution in [0.4, 0.5) is 0 Å².